The van der Waals surface area contributed by atoms with Crippen LogP contribution in [0.4, 0.5) is 10.1 Å². The lowest BCUT2D eigenvalue weighted by atomic mass is 9.86. The van der Waals surface area contributed by atoms with Crippen molar-refractivity contribution < 1.29 is 24.0 Å². The Morgan fingerprint density at radius 1 is 1.30 bits per heavy atom. The lowest BCUT2D eigenvalue weighted by molar-refractivity contribution is -0.383. The van der Waals surface area contributed by atoms with Crippen molar-refractivity contribution in [1.29, 1.82) is 0 Å². The van der Waals surface area contributed by atoms with Crippen molar-refractivity contribution in [3.63, 3.8) is 0 Å². The maximum atomic E-state index is 14.5. The SMILES string of the molecule is CCc1c2c(nc3cc(F)c(C)c([N+](=O)[O-])c13)-c1cc3c(c(=O)n1C2)COC(=O)[C@]3(O)CC. The van der Waals surface area contributed by atoms with Gasteiger partial charge in [0.05, 0.1) is 44.9 Å². The van der Waals surface area contributed by atoms with Gasteiger partial charge < -0.3 is 14.4 Å². The summed E-state index contributed by atoms with van der Waals surface area (Å²) in [6.45, 7) is 4.67. The van der Waals surface area contributed by atoms with Crippen LogP contribution in [0.1, 0.15) is 48.1 Å². The molecule has 0 bridgehead atoms. The van der Waals surface area contributed by atoms with Crippen LogP contribution in [0.3, 0.4) is 0 Å². The van der Waals surface area contributed by atoms with Gasteiger partial charge >= 0.3 is 5.97 Å². The van der Waals surface area contributed by atoms with Gasteiger partial charge in [-0.25, -0.2) is 14.2 Å². The van der Waals surface area contributed by atoms with E-state index in [1.165, 1.54) is 11.5 Å². The molecule has 0 unspecified atom stereocenters. The first kappa shape index (κ1) is 21.2. The summed E-state index contributed by atoms with van der Waals surface area (Å²) < 4.78 is 21.1. The highest BCUT2D eigenvalue weighted by atomic mass is 19.1. The number of aliphatic hydroxyl groups is 1. The number of aryl methyl sites for hydroxylation is 1. The molecule has 4 heterocycles. The summed E-state index contributed by atoms with van der Waals surface area (Å²) in [5.74, 6) is -1.57. The van der Waals surface area contributed by atoms with Gasteiger partial charge in [-0.2, -0.15) is 0 Å². The van der Waals surface area contributed by atoms with E-state index in [4.69, 9.17) is 4.74 Å². The standard InChI is InChI=1S/C23H20FN3O6/c1-4-11-12-8-26-17(6-14-13(21(26)28)9-33-22(29)23(14,30)5-2)19(12)25-16-7-15(24)10(3)20(18(11)16)27(31)32/h6-7,30H,4-5,8-9H2,1-3H3/t23-/m0/s1. The van der Waals surface area contributed by atoms with Crippen LogP contribution in [-0.4, -0.2) is 25.6 Å². The molecule has 2 aromatic heterocycles. The molecule has 1 atom stereocenters. The Balaban J connectivity index is 1.88. The number of pyridine rings is 2. The van der Waals surface area contributed by atoms with Crippen LogP contribution in [0.25, 0.3) is 22.3 Å². The van der Waals surface area contributed by atoms with Gasteiger partial charge in [0.25, 0.3) is 11.2 Å². The number of benzene rings is 1. The maximum Gasteiger partial charge on any atom is 0.343 e. The number of hydrogen-bond acceptors (Lipinski definition) is 7. The third kappa shape index (κ3) is 2.64. The molecule has 0 amide bonds. The Labute approximate surface area is 186 Å². The molecule has 5 rings (SSSR count). The molecule has 1 aromatic carbocycles. The second kappa shape index (κ2) is 6.92. The van der Waals surface area contributed by atoms with Crippen LogP contribution in [0.2, 0.25) is 0 Å². The molecule has 0 spiro atoms. The zero-order chi connectivity index (χ0) is 23.8. The van der Waals surface area contributed by atoms with E-state index in [0.717, 1.165) is 6.07 Å². The lowest BCUT2D eigenvalue weighted by Gasteiger charge is -2.31. The third-order valence-corrected chi connectivity index (χ3v) is 6.79. The smallest absolute Gasteiger partial charge is 0.343 e. The molecule has 0 fully saturated rings. The number of cyclic esters (lactones) is 1. The average molecular weight is 453 g/mol. The van der Waals surface area contributed by atoms with Gasteiger partial charge in [-0.3, -0.25) is 14.9 Å². The summed E-state index contributed by atoms with van der Waals surface area (Å²) in [6.07, 6.45) is 0.410. The van der Waals surface area contributed by atoms with Gasteiger partial charge in [-0.05, 0) is 31.4 Å². The van der Waals surface area contributed by atoms with Crippen molar-refractivity contribution in [2.24, 2.45) is 0 Å². The van der Waals surface area contributed by atoms with Crippen molar-refractivity contribution >= 4 is 22.6 Å². The largest absolute Gasteiger partial charge is 0.458 e. The average Bonchev–Trinajstić information content (AvgIpc) is 3.14. The minimum absolute atomic E-state index is 0.0105. The van der Waals surface area contributed by atoms with Crippen LogP contribution in [-0.2, 0) is 34.7 Å². The Kier molecular flexibility index (Phi) is 4.44. The van der Waals surface area contributed by atoms with Crippen molar-refractivity contribution in [2.45, 2.75) is 52.4 Å². The summed E-state index contributed by atoms with van der Waals surface area (Å²) in [5.41, 5.74) is -0.323. The van der Waals surface area contributed by atoms with Crippen LogP contribution in [0.5, 0.6) is 0 Å². The highest BCUT2D eigenvalue weighted by molar-refractivity contribution is 5.96. The second-order valence-electron chi connectivity index (χ2n) is 8.36. The van der Waals surface area contributed by atoms with E-state index in [-0.39, 0.29) is 52.9 Å². The quantitative estimate of drug-likeness (QED) is 0.287. The summed E-state index contributed by atoms with van der Waals surface area (Å²) in [4.78, 5) is 41.4. The molecule has 33 heavy (non-hydrogen) atoms. The maximum absolute atomic E-state index is 14.5. The normalized spacial score (nSPS) is 18.6. The molecule has 2 aliphatic heterocycles. The number of esters is 1. The van der Waals surface area contributed by atoms with Crippen molar-refractivity contribution in [2.75, 3.05) is 0 Å². The van der Waals surface area contributed by atoms with E-state index in [1.807, 2.05) is 6.92 Å². The van der Waals surface area contributed by atoms with Crippen LogP contribution in [0, 0.1) is 22.9 Å². The molecule has 1 N–H and O–H groups in total. The van der Waals surface area contributed by atoms with E-state index >= 15 is 0 Å². The number of carbonyl (C=O) groups excluding carboxylic acids is 1. The second-order valence-corrected chi connectivity index (χ2v) is 8.36. The van der Waals surface area contributed by atoms with E-state index in [9.17, 15) is 29.2 Å². The fraction of sp³-hybridized carbons (Fsp3) is 0.348. The topological polar surface area (TPSA) is 125 Å². The van der Waals surface area contributed by atoms with E-state index in [1.54, 1.807) is 13.0 Å². The molecule has 0 saturated carbocycles. The van der Waals surface area contributed by atoms with E-state index < -0.39 is 27.9 Å². The molecule has 0 saturated heterocycles. The van der Waals surface area contributed by atoms with Crippen molar-refractivity contribution in [1.82, 2.24) is 9.55 Å². The highest BCUT2D eigenvalue weighted by Gasteiger charge is 2.45. The van der Waals surface area contributed by atoms with E-state index in [2.05, 4.69) is 4.98 Å². The zero-order valence-corrected chi connectivity index (χ0v) is 18.2. The number of nitrogens with zero attached hydrogens (tertiary/aromatic N) is 3. The molecule has 9 nitrogen and oxygen atoms in total. The summed E-state index contributed by atoms with van der Waals surface area (Å²) >= 11 is 0. The summed E-state index contributed by atoms with van der Waals surface area (Å²) in [6, 6.07) is 2.72. The number of hydrogen-bond donors (Lipinski definition) is 1. The van der Waals surface area contributed by atoms with Crippen LogP contribution < -0.4 is 5.56 Å². The van der Waals surface area contributed by atoms with Gasteiger partial charge in [0.2, 0.25) is 0 Å². The predicted octanol–water partition coefficient (Wildman–Crippen LogP) is 3.00. The number of rotatable bonds is 3. The Hall–Kier alpha value is -3.66. The van der Waals surface area contributed by atoms with Crippen LogP contribution in [0.15, 0.2) is 16.9 Å². The Bertz CT molecular complexity index is 1480. The third-order valence-electron chi connectivity index (χ3n) is 6.79. The zero-order valence-electron chi connectivity index (χ0n) is 18.2. The molecule has 0 radical (unpaired) electrons. The molecule has 0 aliphatic carbocycles. The molecular weight excluding hydrogens is 433 g/mol. The van der Waals surface area contributed by atoms with Gasteiger partial charge in [0.15, 0.2) is 5.60 Å². The molecule has 2 aliphatic rings. The number of aromatic nitrogens is 2. The van der Waals surface area contributed by atoms with E-state index in [0.29, 0.717) is 28.9 Å². The number of nitro benzene ring substituents is 1. The van der Waals surface area contributed by atoms with Crippen LogP contribution >= 0.6 is 0 Å². The minimum Gasteiger partial charge on any atom is -0.458 e. The summed E-state index contributed by atoms with van der Waals surface area (Å²) in [5, 5.41) is 23.1. The summed E-state index contributed by atoms with van der Waals surface area (Å²) in [7, 11) is 0. The van der Waals surface area contributed by atoms with Crippen molar-refractivity contribution in [3.8, 4) is 11.4 Å². The fourth-order valence-corrected chi connectivity index (χ4v) is 5.00. The van der Waals surface area contributed by atoms with Gasteiger partial charge in [0, 0.05) is 17.2 Å². The highest BCUT2D eigenvalue weighted by Crippen LogP contribution is 2.42. The first-order chi connectivity index (χ1) is 15.6. The molecular formula is C23H20FN3O6. The number of halogens is 1. The Morgan fingerprint density at radius 3 is 2.67 bits per heavy atom. The number of ether oxygens (including phenoxy) is 1. The first-order valence-corrected chi connectivity index (χ1v) is 10.6. The number of carbonyl (C=O) groups is 1. The lowest BCUT2D eigenvalue weighted by Crippen LogP contribution is -2.44. The number of fused-ring (bicyclic) bond motifs is 5. The van der Waals surface area contributed by atoms with Gasteiger partial charge in [-0.15, -0.1) is 0 Å². The van der Waals surface area contributed by atoms with Crippen molar-refractivity contribution in [3.05, 3.63) is 66.2 Å². The first-order valence-electron chi connectivity index (χ1n) is 10.6. The molecule has 10 heteroatoms. The predicted molar refractivity (Wildman–Crippen MR) is 115 cm³/mol. The molecule has 3 aromatic rings. The minimum atomic E-state index is -1.96. The van der Waals surface area contributed by atoms with Gasteiger partial charge in [0.1, 0.15) is 12.4 Å². The fourth-order valence-electron chi connectivity index (χ4n) is 5.00. The Morgan fingerprint density at radius 2 is 2.03 bits per heavy atom. The molecule has 170 valence electrons. The number of nitro groups is 1. The van der Waals surface area contributed by atoms with Gasteiger partial charge in [-0.1, -0.05) is 13.8 Å². The monoisotopic (exact) mass is 453 g/mol.